The molecule has 0 spiro atoms. The van der Waals surface area contributed by atoms with Crippen LogP contribution < -0.4 is 10.2 Å². The molecule has 1 aliphatic rings. The summed E-state index contributed by atoms with van der Waals surface area (Å²) in [6.07, 6.45) is 2.52. The Morgan fingerprint density at radius 1 is 1.39 bits per heavy atom. The minimum atomic E-state index is 0.585. The lowest BCUT2D eigenvalue weighted by atomic mass is 9.93. The Morgan fingerprint density at radius 3 is 2.78 bits per heavy atom. The first-order valence-electron chi connectivity index (χ1n) is 6.81. The van der Waals surface area contributed by atoms with Gasteiger partial charge in [-0.25, -0.2) is 0 Å². The van der Waals surface area contributed by atoms with Gasteiger partial charge in [-0.3, -0.25) is 0 Å². The first-order chi connectivity index (χ1) is 8.61. The van der Waals surface area contributed by atoms with Crippen molar-refractivity contribution in [1.29, 1.82) is 0 Å². The van der Waals surface area contributed by atoms with Crippen molar-refractivity contribution in [1.82, 2.24) is 5.32 Å². The zero-order valence-electron chi connectivity index (χ0n) is 11.5. The van der Waals surface area contributed by atoms with Crippen LogP contribution in [0.5, 0.6) is 0 Å². The zero-order valence-corrected chi connectivity index (χ0v) is 12.3. The molecule has 18 heavy (non-hydrogen) atoms. The van der Waals surface area contributed by atoms with E-state index in [4.69, 9.17) is 11.6 Å². The van der Waals surface area contributed by atoms with Gasteiger partial charge in [-0.05, 0) is 50.4 Å². The summed E-state index contributed by atoms with van der Waals surface area (Å²) in [6, 6.07) is 7.00. The van der Waals surface area contributed by atoms with Crippen LogP contribution in [0.15, 0.2) is 18.2 Å². The number of hydrogen-bond donors (Lipinski definition) is 1. The van der Waals surface area contributed by atoms with E-state index in [0.717, 1.165) is 24.0 Å². The van der Waals surface area contributed by atoms with E-state index in [9.17, 15) is 0 Å². The molecule has 0 radical (unpaired) electrons. The van der Waals surface area contributed by atoms with Crippen molar-refractivity contribution in [3.63, 3.8) is 0 Å². The summed E-state index contributed by atoms with van der Waals surface area (Å²) < 4.78 is 0. The van der Waals surface area contributed by atoms with Gasteiger partial charge in [0.2, 0.25) is 0 Å². The van der Waals surface area contributed by atoms with Crippen LogP contribution in [0, 0.1) is 5.92 Å². The fraction of sp³-hybridized carbons (Fsp3) is 0.600. The maximum absolute atomic E-state index is 6.43. The highest BCUT2D eigenvalue weighted by Crippen LogP contribution is 2.33. The van der Waals surface area contributed by atoms with E-state index in [1.165, 1.54) is 24.1 Å². The first kappa shape index (κ1) is 13.7. The maximum atomic E-state index is 6.43. The summed E-state index contributed by atoms with van der Waals surface area (Å²) in [4.78, 5) is 2.45. The van der Waals surface area contributed by atoms with Crippen molar-refractivity contribution in [3.05, 3.63) is 28.8 Å². The van der Waals surface area contributed by atoms with Gasteiger partial charge in [0.15, 0.2) is 0 Å². The van der Waals surface area contributed by atoms with E-state index in [2.05, 4.69) is 42.3 Å². The van der Waals surface area contributed by atoms with Crippen molar-refractivity contribution in [2.75, 3.05) is 18.5 Å². The molecule has 1 aliphatic heterocycles. The van der Waals surface area contributed by atoms with Gasteiger partial charge in [0.25, 0.3) is 0 Å². The lowest BCUT2D eigenvalue weighted by Crippen LogP contribution is -2.40. The Hall–Kier alpha value is -0.730. The van der Waals surface area contributed by atoms with Crippen molar-refractivity contribution in [2.45, 2.75) is 39.3 Å². The first-order valence-corrected chi connectivity index (χ1v) is 7.19. The molecule has 2 unspecified atom stereocenters. The number of nitrogens with zero attached hydrogens (tertiary/aromatic N) is 1. The summed E-state index contributed by atoms with van der Waals surface area (Å²) in [5, 5.41) is 4.03. The Labute approximate surface area is 115 Å². The third-order valence-electron chi connectivity index (χ3n) is 3.84. The number of rotatable bonds is 3. The Balaban J connectivity index is 2.17. The van der Waals surface area contributed by atoms with E-state index >= 15 is 0 Å². The number of nitrogens with one attached hydrogen (secondary N) is 1. The molecule has 1 saturated heterocycles. The number of hydrogen-bond acceptors (Lipinski definition) is 2. The second-order valence-corrected chi connectivity index (χ2v) is 5.90. The molecule has 1 aromatic rings. The van der Waals surface area contributed by atoms with Gasteiger partial charge in [-0.1, -0.05) is 24.6 Å². The van der Waals surface area contributed by atoms with E-state index in [1.54, 1.807) is 0 Å². The number of anilines is 1. The van der Waals surface area contributed by atoms with Crippen LogP contribution in [-0.4, -0.2) is 19.6 Å². The highest BCUT2D eigenvalue weighted by molar-refractivity contribution is 6.33. The van der Waals surface area contributed by atoms with Gasteiger partial charge in [-0.15, -0.1) is 0 Å². The van der Waals surface area contributed by atoms with Gasteiger partial charge < -0.3 is 10.2 Å². The quantitative estimate of drug-likeness (QED) is 0.898. The number of piperidine rings is 1. The van der Waals surface area contributed by atoms with Crippen molar-refractivity contribution in [3.8, 4) is 0 Å². The minimum absolute atomic E-state index is 0.585. The third-order valence-corrected chi connectivity index (χ3v) is 4.14. The van der Waals surface area contributed by atoms with Crippen molar-refractivity contribution < 1.29 is 0 Å². The average molecular weight is 267 g/mol. The molecule has 0 saturated carbocycles. The van der Waals surface area contributed by atoms with Crippen molar-refractivity contribution in [2.24, 2.45) is 5.92 Å². The van der Waals surface area contributed by atoms with Gasteiger partial charge in [0.05, 0.1) is 10.7 Å². The molecule has 1 fully saturated rings. The molecule has 2 nitrogen and oxygen atoms in total. The predicted octanol–water partition coefficient (Wildman–Crippen LogP) is 3.68. The maximum Gasteiger partial charge on any atom is 0.0642 e. The molecule has 2 atom stereocenters. The highest BCUT2D eigenvalue weighted by Gasteiger charge is 2.24. The normalized spacial score (nSPS) is 24.3. The molecule has 1 heterocycles. The lowest BCUT2D eigenvalue weighted by molar-refractivity contribution is 0.378. The SMILES string of the molecule is CNCc1ccc(N2CCC(C)CC2C)c(Cl)c1. The van der Waals surface area contributed by atoms with Crippen LogP contribution in [-0.2, 0) is 6.54 Å². The van der Waals surface area contributed by atoms with Crippen molar-refractivity contribution >= 4 is 17.3 Å². The molecule has 1 aromatic carbocycles. The molecule has 0 aromatic heterocycles. The molecule has 0 bridgehead atoms. The smallest absolute Gasteiger partial charge is 0.0642 e. The van der Waals surface area contributed by atoms with Crippen LogP contribution in [0.25, 0.3) is 0 Å². The fourth-order valence-electron chi connectivity index (χ4n) is 2.86. The van der Waals surface area contributed by atoms with Gasteiger partial charge in [0.1, 0.15) is 0 Å². The van der Waals surface area contributed by atoms with Crippen LogP contribution in [0.4, 0.5) is 5.69 Å². The molecule has 100 valence electrons. The minimum Gasteiger partial charge on any atom is -0.368 e. The Kier molecular flexibility index (Phi) is 4.52. The van der Waals surface area contributed by atoms with E-state index < -0.39 is 0 Å². The molecule has 2 rings (SSSR count). The largest absolute Gasteiger partial charge is 0.368 e. The topological polar surface area (TPSA) is 15.3 Å². The third kappa shape index (κ3) is 2.99. The summed E-state index contributed by atoms with van der Waals surface area (Å²) in [7, 11) is 1.95. The Bertz CT molecular complexity index is 405. The second kappa shape index (κ2) is 5.94. The highest BCUT2D eigenvalue weighted by atomic mass is 35.5. The Morgan fingerprint density at radius 2 is 2.17 bits per heavy atom. The molecule has 0 aliphatic carbocycles. The number of benzene rings is 1. The van der Waals surface area contributed by atoms with Crippen LogP contribution >= 0.6 is 11.6 Å². The summed E-state index contributed by atoms with van der Waals surface area (Å²) >= 11 is 6.43. The predicted molar refractivity (Wildman–Crippen MR) is 79.4 cm³/mol. The van der Waals surface area contributed by atoms with Crippen LogP contribution in [0.2, 0.25) is 5.02 Å². The summed E-state index contributed by atoms with van der Waals surface area (Å²) in [5.41, 5.74) is 2.43. The van der Waals surface area contributed by atoms with Gasteiger partial charge in [-0.2, -0.15) is 0 Å². The lowest BCUT2D eigenvalue weighted by Gasteiger charge is -2.38. The van der Waals surface area contributed by atoms with Gasteiger partial charge >= 0.3 is 0 Å². The fourth-order valence-corrected chi connectivity index (χ4v) is 3.17. The van der Waals surface area contributed by atoms with E-state index in [0.29, 0.717) is 6.04 Å². The zero-order chi connectivity index (χ0) is 13.1. The van der Waals surface area contributed by atoms with Gasteiger partial charge in [0, 0.05) is 19.1 Å². The average Bonchev–Trinajstić information content (AvgIpc) is 2.31. The van der Waals surface area contributed by atoms with E-state index in [-0.39, 0.29) is 0 Å². The molecule has 0 amide bonds. The molecular formula is C15H23ClN2. The van der Waals surface area contributed by atoms with Crippen LogP contribution in [0.3, 0.4) is 0 Å². The molecular weight excluding hydrogens is 244 g/mol. The van der Waals surface area contributed by atoms with E-state index in [1.807, 2.05) is 7.05 Å². The standard InChI is InChI=1S/C15H23ClN2/c1-11-6-7-18(12(2)8-11)15-5-4-13(10-17-3)9-14(15)16/h4-5,9,11-12,17H,6-8,10H2,1-3H3. The summed E-state index contributed by atoms with van der Waals surface area (Å²) in [6.45, 7) is 6.62. The number of halogens is 1. The monoisotopic (exact) mass is 266 g/mol. The molecule has 1 N–H and O–H groups in total. The second-order valence-electron chi connectivity index (χ2n) is 5.49. The molecule has 3 heteroatoms. The van der Waals surface area contributed by atoms with Crippen LogP contribution in [0.1, 0.15) is 32.3 Å². The summed E-state index contributed by atoms with van der Waals surface area (Å²) in [5.74, 6) is 0.832.